The van der Waals surface area contributed by atoms with Gasteiger partial charge < -0.3 is 14.6 Å². The number of halogens is 1. The fourth-order valence-electron chi connectivity index (χ4n) is 3.35. The highest BCUT2D eigenvalue weighted by Crippen LogP contribution is 2.28. The van der Waals surface area contributed by atoms with Crippen LogP contribution in [0.2, 0.25) is 0 Å². The molecule has 26 heavy (non-hydrogen) atoms. The average Bonchev–Trinajstić information content (AvgIpc) is 3.09. The molecule has 4 rings (SSSR count). The third-order valence-electron chi connectivity index (χ3n) is 4.64. The Balaban J connectivity index is 1.74. The normalized spacial score (nSPS) is 17.4. The lowest BCUT2D eigenvalue weighted by Gasteiger charge is -2.36. The number of hydrogen-bond acceptors (Lipinski definition) is 3. The van der Waals surface area contributed by atoms with E-state index >= 15 is 0 Å². The first kappa shape index (κ1) is 16.3. The van der Waals surface area contributed by atoms with E-state index < -0.39 is 6.04 Å². The van der Waals surface area contributed by atoms with Crippen molar-refractivity contribution in [1.82, 2.24) is 19.6 Å². The number of imidazole rings is 1. The molecule has 1 saturated heterocycles. The molecule has 1 aliphatic heterocycles. The SMILES string of the molecule is Cc1cc(F)ccc1C1C(=O)NCCN1C(=O)c1ccn2ccnc2c1. The van der Waals surface area contributed by atoms with Gasteiger partial charge >= 0.3 is 0 Å². The molecule has 1 aliphatic rings. The highest BCUT2D eigenvalue weighted by molar-refractivity contribution is 5.99. The average molecular weight is 352 g/mol. The molecule has 132 valence electrons. The van der Waals surface area contributed by atoms with Gasteiger partial charge in [-0.05, 0) is 42.3 Å². The van der Waals surface area contributed by atoms with Crippen molar-refractivity contribution in [2.24, 2.45) is 0 Å². The molecule has 2 aromatic heterocycles. The van der Waals surface area contributed by atoms with Gasteiger partial charge in [0.25, 0.3) is 5.91 Å². The lowest BCUT2D eigenvalue weighted by Crippen LogP contribution is -2.52. The predicted molar refractivity (Wildman–Crippen MR) is 93.1 cm³/mol. The number of benzene rings is 1. The number of carbonyl (C=O) groups excluding carboxylic acids is 2. The molecular weight excluding hydrogens is 335 g/mol. The van der Waals surface area contributed by atoms with Crippen molar-refractivity contribution in [2.75, 3.05) is 13.1 Å². The summed E-state index contributed by atoms with van der Waals surface area (Å²) in [5.74, 6) is -0.884. The summed E-state index contributed by atoms with van der Waals surface area (Å²) in [6.07, 6.45) is 5.21. The van der Waals surface area contributed by atoms with Crippen LogP contribution < -0.4 is 5.32 Å². The standard InChI is InChI=1S/C19H17FN4O2/c1-12-10-14(20)2-3-15(12)17-18(25)22-6-9-24(17)19(26)13-4-7-23-8-5-21-16(23)11-13/h2-5,7-8,10-11,17H,6,9H2,1H3,(H,22,25). The van der Waals surface area contributed by atoms with E-state index in [2.05, 4.69) is 10.3 Å². The molecule has 6 nitrogen and oxygen atoms in total. The van der Waals surface area contributed by atoms with Gasteiger partial charge in [0, 0.05) is 37.2 Å². The van der Waals surface area contributed by atoms with Crippen molar-refractivity contribution in [1.29, 1.82) is 0 Å². The van der Waals surface area contributed by atoms with Gasteiger partial charge in [-0.25, -0.2) is 9.37 Å². The summed E-state index contributed by atoms with van der Waals surface area (Å²) in [5, 5.41) is 2.79. The van der Waals surface area contributed by atoms with Crippen LogP contribution in [-0.4, -0.2) is 39.2 Å². The van der Waals surface area contributed by atoms with Gasteiger partial charge in [0.15, 0.2) is 0 Å². The Hall–Kier alpha value is -3.22. The summed E-state index contributed by atoms with van der Waals surface area (Å²) in [7, 11) is 0. The second-order valence-electron chi connectivity index (χ2n) is 6.30. The molecule has 0 saturated carbocycles. The maximum absolute atomic E-state index is 13.5. The third-order valence-corrected chi connectivity index (χ3v) is 4.64. The van der Waals surface area contributed by atoms with Crippen LogP contribution in [0.15, 0.2) is 48.9 Å². The smallest absolute Gasteiger partial charge is 0.255 e. The van der Waals surface area contributed by atoms with E-state index in [1.807, 2.05) is 0 Å². The van der Waals surface area contributed by atoms with Crippen LogP contribution in [0.4, 0.5) is 4.39 Å². The van der Waals surface area contributed by atoms with Crippen molar-refractivity contribution in [3.8, 4) is 0 Å². The van der Waals surface area contributed by atoms with E-state index in [0.717, 1.165) is 0 Å². The van der Waals surface area contributed by atoms with Gasteiger partial charge in [0.2, 0.25) is 5.91 Å². The van der Waals surface area contributed by atoms with Gasteiger partial charge in [0.05, 0.1) is 0 Å². The number of piperazine rings is 1. The van der Waals surface area contributed by atoms with E-state index in [9.17, 15) is 14.0 Å². The minimum Gasteiger partial charge on any atom is -0.352 e. The number of pyridine rings is 1. The quantitative estimate of drug-likeness (QED) is 0.768. The lowest BCUT2D eigenvalue weighted by molar-refractivity contribution is -0.128. The van der Waals surface area contributed by atoms with Crippen molar-refractivity contribution >= 4 is 17.5 Å². The number of nitrogens with one attached hydrogen (secondary N) is 1. The minimum absolute atomic E-state index is 0.251. The fraction of sp³-hybridized carbons (Fsp3) is 0.211. The summed E-state index contributed by atoms with van der Waals surface area (Å²) < 4.78 is 15.3. The second kappa shape index (κ2) is 6.25. The number of rotatable bonds is 2. The van der Waals surface area contributed by atoms with Crippen molar-refractivity contribution in [2.45, 2.75) is 13.0 Å². The largest absolute Gasteiger partial charge is 0.352 e. The molecule has 1 N–H and O–H groups in total. The zero-order valence-electron chi connectivity index (χ0n) is 14.1. The zero-order valence-corrected chi connectivity index (χ0v) is 14.1. The predicted octanol–water partition coefficient (Wildman–Crippen LogP) is 2.10. The topological polar surface area (TPSA) is 66.7 Å². The van der Waals surface area contributed by atoms with Crippen LogP contribution in [0.1, 0.15) is 27.5 Å². The molecule has 0 bridgehead atoms. The van der Waals surface area contributed by atoms with E-state index in [-0.39, 0.29) is 17.6 Å². The third kappa shape index (κ3) is 2.71. The van der Waals surface area contributed by atoms with Gasteiger partial charge in [-0.1, -0.05) is 6.07 Å². The molecule has 3 aromatic rings. The molecule has 0 radical (unpaired) electrons. The van der Waals surface area contributed by atoms with Crippen LogP contribution in [0.5, 0.6) is 0 Å². The molecule has 7 heteroatoms. The highest BCUT2D eigenvalue weighted by atomic mass is 19.1. The van der Waals surface area contributed by atoms with Crippen LogP contribution in [0.3, 0.4) is 0 Å². The number of fused-ring (bicyclic) bond motifs is 1. The molecule has 1 fully saturated rings. The summed E-state index contributed by atoms with van der Waals surface area (Å²) in [6.45, 7) is 2.50. The first-order valence-electron chi connectivity index (χ1n) is 8.32. The maximum Gasteiger partial charge on any atom is 0.255 e. The monoisotopic (exact) mass is 352 g/mol. The Bertz CT molecular complexity index is 1010. The van der Waals surface area contributed by atoms with Gasteiger partial charge in [0.1, 0.15) is 17.5 Å². The number of nitrogens with zero attached hydrogens (tertiary/aromatic N) is 3. The van der Waals surface area contributed by atoms with Crippen molar-refractivity contribution < 1.29 is 14.0 Å². The molecule has 1 atom stereocenters. The van der Waals surface area contributed by atoms with Crippen LogP contribution in [0, 0.1) is 12.7 Å². The summed E-state index contributed by atoms with van der Waals surface area (Å²) >= 11 is 0. The van der Waals surface area contributed by atoms with Gasteiger partial charge in [-0.2, -0.15) is 0 Å². The van der Waals surface area contributed by atoms with E-state index in [1.165, 1.54) is 17.0 Å². The summed E-state index contributed by atoms with van der Waals surface area (Å²) in [5.41, 5.74) is 2.38. The Morgan fingerprint density at radius 3 is 2.92 bits per heavy atom. The van der Waals surface area contributed by atoms with Crippen molar-refractivity contribution in [3.63, 3.8) is 0 Å². The number of aryl methyl sites for hydroxylation is 1. The Kier molecular flexibility index (Phi) is 3.91. The Morgan fingerprint density at radius 2 is 2.12 bits per heavy atom. The maximum atomic E-state index is 13.5. The highest BCUT2D eigenvalue weighted by Gasteiger charge is 2.35. The first-order valence-corrected chi connectivity index (χ1v) is 8.32. The van der Waals surface area contributed by atoms with Gasteiger partial charge in [-0.3, -0.25) is 9.59 Å². The van der Waals surface area contributed by atoms with E-state index in [0.29, 0.717) is 35.4 Å². The number of amides is 2. The Morgan fingerprint density at radius 1 is 1.27 bits per heavy atom. The van der Waals surface area contributed by atoms with Crippen LogP contribution >= 0.6 is 0 Å². The van der Waals surface area contributed by atoms with E-state index in [1.54, 1.807) is 48.1 Å². The minimum atomic E-state index is -0.784. The van der Waals surface area contributed by atoms with Gasteiger partial charge in [-0.15, -0.1) is 0 Å². The number of hydrogen-bond donors (Lipinski definition) is 1. The second-order valence-corrected chi connectivity index (χ2v) is 6.30. The Labute approximate surface area is 149 Å². The zero-order chi connectivity index (χ0) is 18.3. The molecule has 3 heterocycles. The lowest BCUT2D eigenvalue weighted by atomic mass is 9.97. The summed E-state index contributed by atoms with van der Waals surface area (Å²) in [6, 6.07) is 6.87. The van der Waals surface area contributed by atoms with Crippen LogP contribution in [-0.2, 0) is 4.79 Å². The first-order chi connectivity index (χ1) is 12.5. The molecule has 1 unspecified atom stereocenters. The van der Waals surface area contributed by atoms with Crippen LogP contribution in [0.25, 0.3) is 5.65 Å². The molecule has 0 spiro atoms. The number of carbonyl (C=O) groups is 2. The molecular formula is C19H17FN4O2. The fourth-order valence-corrected chi connectivity index (χ4v) is 3.35. The number of aromatic nitrogens is 2. The molecule has 1 aromatic carbocycles. The van der Waals surface area contributed by atoms with Crippen molar-refractivity contribution in [3.05, 3.63) is 71.4 Å². The molecule has 2 amide bonds. The molecule has 0 aliphatic carbocycles. The van der Waals surface area contributed by atoms with E-state index in [4.69, 9.17) is 0 Å². The summed E-state index contributed by atoms with van der Waals surface area (Å²) in [4.78, 5) is 31.4.